The summed E-state index contributed by atoms with van der Waals surface area (Å²) < 4.78 is 29.1. The largest absolute Gasteiger partial charge is 0.385 e. The summed E-state index contributed by atoms with van der Waals surface area (Å²) >= 11 is 0. The number of amides is 1. The first-order chi connectivity index (χ1) is 7.49. The van der Waals surface area contributed by atoms with Gasteiger partial charge < -0.3 is 15.2 Å². The third kappa shape index (κ3) is 3.38. The molecule has 1 aliphatic carbocycles. The first kappa shape index (κ1) is 13.3. The van der Waals surface area contributed by atoms with Crippen LogP contribution in [0.1, 0.15) is 25.7 Å². The van der Waals surface area contributed by atoms with Crippen LogP contribution in [-0.4, -0.2) is 42.8 Å². The van der Waals surface area contributed by atoms with E-state index >= 15 is 0 Å². The minimum Gasteiger partial charge on any atom is -0.385 e. The molecule has 0 heterocycles. The highest BCUT2D eigenvalue weighted by Gasteiger charge is 2.39. The zero-order chi connectivity index (χ0) is 12.2. The van der Waals surface area contributed by atoms with Crippen LogP contribution in [0.2, 0.25) is 0 Å². The van der Waals surface area contributed by atoms with Crippen LogP contribution in [0.15, 0.2) is 0 Å². The van der Waals surface area contributed by atoms with E-state index in [0.717, 1.165) is 19.3 Å². The van der Waals surface area contributed by atoms with E-state index in [9.17, 15) is 13.6 Å². The highest BCUT2D eigenvalue weighted by atomic mass is 19.3. The average Bonchev–Trinajstić information content (AvgIpc) is 2.19. The molecule has 0 bridgehead atoms. The summed E-state index contributed by atoms with van der Waals surface area (Å²) in [5.41, 5.74) is -0.417. The van der Waals surface area contributed by atoms with Crippen molar-refractivity contribution < 1.29 is 23.4 Å². The topological polar surface area (TPSA) is 58.6 Å². The maximum atomic E-state index is 11.9. The molecule has 16 heavy (non-hydrogen) atoms. The molecule has 2 N–H and O–H groups in total. The Hall–Kier alpha value is -0.750. The summed E-state index contributed by atoms with van der Waals surface area (Å²) in [6.45, 7) is -0.420. The van der Waals surface area contributed by atoms with Crippen LogP contribution >= 0.6 is 0 Å². The van der Waals surface area contributed by atoms with Crippen LogP contribution in [0.3, 0.4) is 0 Å². The van der Waals surface area contributed by atoms with Crippen molar-refractivity contribution in [3.05, 3.63) is 0 Å². The summed E-state index contributed by atoms with van der Waals surface area (Å²) in [6.07, 6.45) is -1.83. The summed E-state index contributed by atoms with van der Waals surface area (Å²) in [6, 6.07) is 0. The van der Waals surface area contributed by atoms with E-state index in [1.807, 2.05) is 0 Å². The monoisotopic (exact) mass is 237 g/mol. The van der Waals surface area contributed by atoms with Gasteiger partial charge >= 0.3 is 0 Å². The van der Waals surface area contributed by atoms with E-state index in [0.29, 0.717) is 0 Å². The van der Waals surface area contributed by atoms with E-state index in [2.05, 4.69) is 5.32 Å². The molecule has 4 nitrogen and oxygen atoms in total. The van der Waals surface area contributed by atoms with E-state index < -0.39 is 24.7 Å². The van der Waals surface area contributed by atoms with Gasteiger partial charge in [0.2, 0.25) is 5.91 Å². The maximum absolute atomic E-state index is 11.9. The Kier molecular flexibility index (Phi) is 4.61. The standard InChI is InChI=1S/C10H17F2NO3/c1-16-10(3-2-4-10)5-8(15)13-6-7(14)9(11)12/h7,9,14H,2-6H2,1H3,(H,13,15). The van der Waals surface area contributed by atoms with Crippen molar-refractivity contribution in [2.45, 2.75) is 43.8 Å². The Bertz CT molecular complexity index is 239. The van der Waals surface area contributed by atoms with Gasteiger partial charge in [0.1, 0.15) is 6.10 Å². The van der Waals surface area contributed by atoms with Gasteiger partial charge in [0, 0.05) is 13.7 Å². The third-order valence-electron chi connectivity index (χ3n) is 2.98. The fraction of sp³-hybridized carbons (Fsp3) is 0.900. The van der Waals surface area contributed by atoms with Gasteiger partial charge in [-0.2, -0.15) is 0 Å². The van der Waals surface area contributed by atoms with Gasteiger partial charge in [-0.05, 0) is 19.3 Å². The second-order valence-electron chi connectivity index (χ2n) is 4.12. The Morgan fingerprint density at radius 1 is 1.56 bits per heavy atom. The van der Waals surface area contributed by atoms with Gasteiger partial charge in [-0.3, -0.25) is 4.79 Å². The number of aliphatic hydroxyl groups is 1. The summed E-state index contributed by atoms with van der Waals surface area (Å²) in [4.78, 5) is 11.4. The third-order valence-corrected chi connectivity index (χ3v) is 2.98. The Morgan fingerprint density at radius 2 is 2.19 bits per heavy atom. The number of carbonyl (C=O) groups is 1. The van der Waals surface area contributed by atoms with Crippen LogP contribution in [0.4, 0.5) is 8.78 Å². The van der Waals surface area contributed by atoms with E-state index in [-0.39, 0.29) is 12.3 Å². The number of aliphatic hydroxyl groups excluding tert-OH is 1. The Labute approximate surface area is 93.0 Å². The number of ether oxygens (including phenoxy) is 1. The summed E-state index contributed by atoms with van der Waals surface area (Å²) in [7, 11) is 1.54. The van der Waals surface area contributed by atoms with Crippen LogP contribution in [0.25, 0.3) is 0 Å². The molecule has 1 rings (SSSR count). The van der Waals surface area contributed by atoms with Crippen molar-refractivity contribution in [2.75, 3.05) is 13.7 Å². The lowest BCUT2D eigenvalue weighted by atomic mass is 9.77. The molecule has 1 aliphatic rings. The summed E-state index contributed by atoms with van der Waals surface area (Å²) in [5.74, 6) is -0.360. The molecule has 0 radical (unpaired) electrons. The SMILES string of the molecule is COC1(CC(=O)NCC(O)C(F)F)CCC1. The fourth-order valence-electron chi connectivity index (χ4n) is 1.69. The lowest BCUT2D eigenvalue weighted by Gasteiger charge is -2.39. The molecular weight excluding hydrogens is 220 g/mol. The molecule has 94 valence electrons. The number of hydrogen-bond donors (Lipinski definition) is 2. The van der Waals surface area contributed by atoms with Gasteiger partial charge in [0.25, 0.3) is 6.43 Å². The predicted octanol–water partition coefficient (Wildman–Crippen LogP) is 0.688. The normalized spacial score (nSPS) is 20.3. The van der Waals surface area contributed by atoms with Crippen molar-refractivity contribution >= 4 is 5.91 Å². The molecule has 0 aromatic rings. The molecule has 1 fully saturated rings. The zero-order valence-corrected chi connectivity index (χ0v) is 9.21. The summed E-state index contributed by atoms with van der Waals surface area (Å²) in [5, 5.41) is 11.1. The van der Waals surface area contributed by atoms with Gasteiger partial charge in [0.15, 0.2) is 0 Å². The molecular formula is C10H17F2NO3. The van der Waals surface area contributed by atoms with Gasteiger partial charge in [-0.1, -0.05) is 0 Å². The molecule has 0 saturated heterocycles. The molecule has 0 aromatic carbocycles. The maximum Gasteiger partial charge on any atom is 0.265 e. The van der Waals surface area contributed by atoms with Crippen molar-refractivity contribution in [1.29, 1.82) is 0 Å². The second kappa shape index (κ2) is 5.54. The zero-order valence-electron chi connectivity index (χ0n) is 9.21. The van der Waals surface area contributed by atoms with Crippen LogP contribution in [0, 0.1) is 0 Å². The lowest BCUT2D eigenvalue weighted by molar-refractivity contribution is -0.135. The molecule has 6 heteroatoms. The molecule has 0 aliphatic heterocycles. The number of rotatable bonds is 6. The van der Waals surface area contributed by atoms with Crippen molar-refractivity contribution in [1.82, 2.24) is 5.32 Å². The molecule has 1 unspecified atom stereocenters. The predicted molar refractivity (Wildman–Crippen MR) is 53.2 cm³/mol. The molecule has 1 amide bonds. The molecule has 0 spiro atoms. The number of alkyl halides is 2. The molecule has 1 saturated carbocycles. The quantitative estimate of drug-likeness (QED) is 0.714. The van der Waals surface area contributed by atoms with Crippen molar-refractivity contribution in [2.24, 2.45) is 0 Å². The smallest absolute Gasteiger partial charge is 0.265 e. The highest BCUT2D eigenvalue weighted by molar-refractivity contribution is 5.77. The van der Waals surface area contributed by atoms with Crippen LogP contribution in [-0.2, 0) is 9.53 Å². The Morgan fingerprint density at radius 3 is 2.56 bits per heavy atom. The van der Waals surface area contributed by atoms with Crippen LogP contribution < -0.4 is 5.32 Å². The first-order valence-electron chi connectivity index (χ1n) is 5.27. The number of nitrogens with one attached hydrogen (secondary N) is 1. The average molecular weight is 237 g/mol. The number of halogens is 2. The molecule has 0 aromatic heterocycles. The van der Waals surface area contributed by atoms with E-state index in [4.69, 9.17) is 9.84 Å². The fourth-order valence-corrected chi connectivity index (χ4v) is 1.69. The van der Waals surface area contributed by atoms with Gasteiger partial charge in [-0.15, -0.1) is 0 Å². The second-order valence-corrected chi connectivity index (χ2v) is 4.12. The minimum atomic E-state index is -2.83. The van der Waals surface area contributed by atoms with Gasteiger partial charge in [-0.25, -0.2) is 8.78 Å². The van der Waals surface area contributed by atoms with Gasteiger partial charge in [0.05, 0.1) is 12.0 Å². The number of methoxy groups -OCH3 is 1. The highest BCUT2D eigenvalue weighted by Crippen LogP contribution is 2.37. The minimum absolute atomic E-state index is 0.166. The molecule has 1 atom stereocenters. The Balaban J connectivity index is 2.25. The number of carbonyl (C=O) groups excluding carboxylic acids is 1. The lowest BCUT2D eigenvalue weighted by Crippen LogP contribution is -2.45. The van der Waals surface area contributed by atoms with E-state index in [1.54, 1.807) is 7.11 Å². The van der Waals surface area contributed by atoms with Crippen molar-refractivity contribution in [3.63, 3.8) is 0 Å². The van der Waals surface area contributed by atoms with Crippen molar-refractivity contribution in [3.8, 4) is 0 Å². The first-order valence-corrected chi connectivity index (χ1v) is 5.27. The number of hydrogen-bond acceptors (Lipinski definition) is 3. The van der Waals surface area contributed by atoms with Crippen LogP contribution in [0.5, 0.6) is 0 Å². The van der Waals surface area contributed by atoms with E-state index in [1.165, 1.54) is 0 Å².